The van der Waals surface area contributed by atoms with Crippen molar-refractivity contribution in [1.82, 2.24) is 0 Å². The molecule has 0 atom stereocenters. The number of rotatable bonds is 3. The molecule has 0 unspecified atom stereocenters. The van der Waals surface area contributed by atoms with E-state index in [4.69, 9.17) is 28.9 Å². The number of halogens is 2. The number of nitrogens with zero attached hydrogens (tertiary/aromatic N) is 1. The summed E-state index contributed by atoms with van der Waals surface area (Å²) in [5, 5.41) is 0.788. The Morgan fingerprint density at radius 1 is 1.15 bits per heavy atom. The quantitative estimate of drug-likeness (QED) is 0.862. The molecule has 2 N–H and O–H groups in total. The maximum Gasteiger partial charge on any atom is 0.258 e. The van der Waals surface area contributed by atoms with Gasteiger partial charge in [0.05, 0.1) is 10.0 Å². The second-order valence-electron chi connectivity index (χ2n) is 4.27. The summed E-state index contributed by atoms with van der Waals surface area (Å²) in [6, 6.07) is 12.0. The zero-order chi connectivity index (χ0) is 14.7. The number of nitrogen functional groups attached to an aromatic ring is 1. The highest BCUT2D eigenvalue weighted by atomic mass is 35.5. The summed E-state index contributed by atoms with van der Waals surface area (Å²) in [5.41, 5.74) is 7.61. The lowest BCUT2D eigenvalue weighted by Crippen LogP contribution is -2.30. The summed E-state index contributed by atoms with van der Waals surface area (Å²) < 4.78 is 0. The first kappa shape index (κ1) is 14.7. The van der Waals surface area contributed by atoms with Crippen LogP contribution in [0.5, 0.6) is 0 Å². The molecular formula is C15H14Cl2N2O. The fourth-order valence-electron chi connectivity index (χ4n) is 1.92. The number of carbonyl (C=O) groups is 1. The highest BCUT2D eigenvalue weighted by Crippen LogP contribution is 2.25. The van der Waals surface area contributed by atoms with E-state index < -0.39 is 0 Å². The third-order valence-corrected chi connectivity index (χ3v) is 3.65. The topological polar surface area (TPSA) is 46.3 Å². The van der Waals surface area contributed by atoms with Crippen molar-refractivity contribution < 1.29 is 4.79 Å². The smallest absolute Gasteiger partial charge is 0.258 e. The lowest BCUT2D eigenvalue weighted by atomic mass is 10.1. The molecule has 20 heavy (non-hydrogen) atoms. The van der Waals surface area contributed by atoms with Gasteiger partial charge in [-0.25, -0.2) is 0 Å². The van der Waals surface area contributed by atoms with Crippen LogP contribution >= 0.6 is 23.2 Å². The van der Waals surface area contributed by atoms with Crippen molar-refractivity contribution in [3.8, 4) is 0 Å². The molecule has 1 amide bonds. The van der Waals surface area contributed by atoms with Gasteiger partial charge in [-0.3, -0.25) is 4.79 Å². The maximum atomic E-state index is 12.5. The van der Waals surface area contributed by atoms with Gasteiger partial charge in [0.25, 0.3) is 5.91 Å². The minimum atomic E-state index is -0.142. The molecular weight excluding hydrogens is 295 g/mol. The van der Waals surface area contributed by atoms with Gasteiger partial charge in [0, 0.05) is 23.5 Å². The van der Waals surface area contributed by atoms with Gasteiger partial charge in [-0.1, -0.05) is 29.3 Å². The Kier molecular flexibility index (Phi) is 4.53. The lowest BCUT2D eigenvalue weighted by Gasteiger charge is -2.21. The molecule has 0 heterocycles. The van der Waals surface area contributed by atoms with Crippen molar-refractivity contribution in [2.75, 3.05) is 17.2 Å². The van der Waals surface area contributed by atoms with Crippen LogP contribution in [0.2, 0.25) is 10.0 Å². The van der Waals surface area contributed by atoms with Crippen molar-refractivity contribution in [3.05, 3.63) is 58.1 Å². The normalized spacial score (nSPS) is 10.3. The molecule has 0 saturated heterocycles. The van der Waals surface area contributed by atoms with E-state index in [1.165, 1.54) is 0 Å². The number of anilines is 2. The first-order valence-electron chi connectivity index (χ1n) is 6.15. The minimum Gasteiger partial charge on any atom is -0.399 e. The molecule has 2 aromatic carbocycles. The second kappa shape index (κ2) is 6.16. The van der Waals surface area contributed by atoms with E-state index in [1.54, 1.807) is 35.2 Å². The Bertz CT molecular complexity index is 644. The average Bonchev–Trinajstić information content (AvgIpc) is 2.42. The molecule has 5 heteroatoms. The Morgan fingerprint density at radius 2 is 1.90 bits per heavy atom. The molecule has 0 spiro atoms. The highest BCUT2D eigenvalue weighted by Gasteiger charge is 2.17. The van der Waals surface area contributed by atoms with Gasteiger partial charge < -0.3 is 10.6 Å². The van der Waals surface area contributed by atoms with Crippen LogP contribution in [0, 0.1) is 0 Å². The molecule has 0 fully saturated rings. The Labute approximate surface area is 127 Å². The summed E-state index contributed by atoms with van der Waals surface area (Å²) in [4.78, 5) is 14.2. The Morgan fingerprint density at radius 3 is 2.50 bits per heavy atom. The fraction of sp³-hybridized carbons (Fsp3) is 0.133. The number of carbonyl (C=O) groups excluding carboxylic acids is 1. The van der Waals surface area contributed by atoms with Crippen LogP contribution in [0.1, 0.15) is 17.3 Å². The predicted octanol–water partition coefficient (Wildman–Crippen LogP) is 4.24. The van der Waals surface area contributed by atoms with Crippen molar-refractivity contribution in [3.63, 3.8) is 0 Å². The molecule has 0 radical (unpaired) electrons. The maximum absolute atomic E-state index is 12.5. The van der Waals surface area contributed by atoms with Gasteiger partial charge in [-0.05, 0) is 43.3 Å². The van der Waals surface area contributed by atoms with E-state index in [9.17, 15) is 4.79 Å². The van der Waals surface area contributed by atoms with Crippen LogP contribution in [0.4, 0.5) is 11.4 Å². The number of hydrogen-bond donors (Lipinski definition) is 1. The van der Waals surface area contributed by atoms with Crippen molar-refractivity contribution in [2.24, 2.45) is 0 Å². The van der Waals surface area contributed by atoms with Gasteiger partial charge in [-0.2, -0.15) is 0 Å². The van der Waals surface area contributed by atoms with E-state index in [2.05, 4.69) is 0 Å². The van der Waals surface area contributed by atoms with Crippen LogP contribution in [-0.4, -0.2) is 12.5 Å². The average molecular weight is 309 g/mol. The molecule has 2 rings (SSSR count). The van der Waals surface area contributed by atoms with E-state index in [-0.39, 0.29) is 5.91 Å². The molecule has 0 saturated carbocycles. The van der Waals surface area contributed by atoms with Gasteiger partial charge in [0.2, 0.25) is 0 Å². The van der Waals surface area contributed by atoms with E-state index >= 15 is 0 Å². The largest absolute Gasteiger partial charge is 0.399 e. The predicted molar refractivity (Wildman–Crippen MR) is 84.7 cm³/mol. The van der Waals surface area contributed by atoms with E-state index in [0.717, 1.165) is 5.69 Å². The fourth-order valence-corrected chi connectivity index (χ4v) is 2.22. The summed E-state index contributed by atoms with van der Waals surface area (Å²) in [6.07, 6.45) is 0. The third kappa shape index (κ3) is 3.06. The molecule has 0 aliphatic rings. The van der Waals surface area contributed by atoms with Crippen molar-refractivity contribution in [1.29, 1.82) is 0 Å². The standard InChI is InChI=1S/C15H14Cl2N2O/c1-2-19(12-5-3-4-11(18)9-12)15(20)10-6-7-13(16)14(17)8-10/h3-9H,2,18H2,1H3. The second-order valence-corrected chi connectivity index (χ2v) is 5.09. The summed E-state index contributed by atoms with van der Waals surface area (Å²) in [5.74, 6) is -0.142. The highest BCUT2D eigenvalue weighted by molar-refractivity contribution is 6.42. The van der Waals surface area contributed by atoms with Gasteiger partial charge in [0.1, 0.15) is 0 Å². The summed E-state index contributed by atoms with van der Waals surface area (Å²) in [7, 11) is 0. The van der Waals surface area contributed by atoms with E-state index in [0.29, 0.717) is 27.8 Å². The van der Waals surface area contributed by atoms with Crippen LogP contribution in [0.3, 0.4) is 0 Å². The Hall–Kier alpha value is -1.71. The van der Waals surface area contributed by atoms with Crippen molar-refractivity contribution >= 4 is 40.5 Å². The van der Waals surface area contributed by atoms with Crippen LogP contribution < -0.4 is 10.6 Å². The number of amides is 1. The van der Waals surface area contributed by atoms with Gasteiger partial charge >= 0.3 is 0 Å². The van der Waals surface area contributed by atoms with Gasteiger partial charge in [-0.15, -0.1) is 0 Å². The zero-order valence-corrected chi connectivity index (χ0v) is 12.4. The molecule has 0 aliphatic heterocycles. The van der Waals surface area contributed by atoms with Crippen molar-refractivity contribution in [2.45, 2.75) is 6.92 Å². The van der Waals surface area contributed by atoms with Crippen LogP contribution in [0.25, 0.3) is 0 Å². The van der Waals surface area contributed by atoms with Gasteiger partial charge in [0.15, 0.2) is 0 Å². The first-order chi connectivity index (χ1) is 9.52. The number of nitrogens with two attached hydrogens (primary N) is 1. The third-order valence-electron chi connectivity index (χ3n) is 2.91. The molecule has 0 aliphatic carbocycles. The summed E-state index contributed by atoms with van der Waals surface area (Å²) in [6.45, 7) is 2.43. The zero-order valence-electron chi connectivity index (χ0n) is 10.9. The lowest BCUT2D eigenvalue weighted by molar-refractivity contribution is 0.0988. The molecule has 104 valence electrons. The molecule has 3 nitrogen and oxygen atoms in total. The summed E-state index contributed by atoms with van der Waals surface area (Å²) >= 11 is 11.8. The SMILES string of the molecule is CCN(C(=O)c1ccc(Cl)c(Cl)c1)c1cccc(N)c1. The van der Waals surface area contributed by atoms with Crippen LogP contribution in [-0.2, 0) is 0 Å². The molecule has 0 bridgehead atoms. The van der Waals surface area contributed by atoms with E-state index in [1.807, 2.05) is 19.1 Å². The molecule has 0 aromatic heterocycles. The van der Waals surface area contributed by atoms with Crippen LogP contribution in [0.15, 0.2) is 42.5 Å². The monoisotopic (exact) mass is 308 g/mol. The minimum absolute atomic E-state index is 0.142. The molecule has 2 aromatic rings. The number of benzene rings is 2. The first-order valence-corrected chi connectivity index (χ1v) is 6.91. The Balaban J connectivity index is 2.36. The number of hydrogen-bond acceptors (Lipinski definition) is 2.